The Hall–Kier alpha value is -3.01. The molecular weight excluding hydrogens is 272 g/mol. The van der Waals surface area contributed by atoms with E-state index in [9.17, 15) is 0 Å². The summed E-state index contributed by atoms with van der Waals surface area (Å²) in [5.41, 5.74) is 6.42. The van der Waals surface area contributed by atoms with Crippen molar-refractivity contribution in [3.05, 3.63) is 65.6 Å². The van der Waals surface area contributed by atoms with Gasteiger partial charge in [-0.05, 0) is 37.3 Å². The van der Waals surface area contributed by atoms with Crippen LogP contribution in [0.1, 0.15) is 11.4 Å². The zero-order chi connectivity index (χ0) is 14.9. The van der Waals surface area contributed by atoms with E-state index >= 15 is 0 Å². The van der Waals surface area contributed by atoms with Gasteiger partial charge in [-0.25, -0.2) is 9.97 Å². The Kier molecular flexibility index (Phi) is 2.93. The van der Waals surface area contributed by atoms with Gasteiger partial charge < -0.3 is 5.32 Å². The Morgan fingerprint density at radius 2 is 1.64 bits per heavy atom. The molecule has 0 atom stereocenters. The van der Waals surface area contributed by atoms with Crippen LogP contribution in [0.15, 0.2) is 59.2 Å². The van der Waals surface area contributed by atoms with Gasteiger partial charge in [-0.1, -0.05) is 24.3 Å². The quantitative estimate of drug-likeness (QED) is 0.732. The van der Waals surface area contributed by atoms with Gasteiger partial charge in [0.05, 0.1) is 45.7 Å². The molecule has 0 spiro atoms. The molecule has 0 radical (unpaired) electrons. The van der Waals surface area contributed by atoms with Crippen LogP contribution in [0.5, 0.6) is 0 Å². The first-order valence-corrected chi connectivity index (χ1v) is 7.15. The maximum atomic E-state index is 4.68. The monoisotopic (exact) mass is 286 g/mol. The lowest BCUT2D eigenvalue weighted by Gasteiger charge is -2.14. The Morgan fingerprint density at radius 1 is 0.909 bits per heavy atom. The van der Waals surface area contributed by atoms with E-state index in [1.54, 1.807) is 0 Å². The molecule has 3 aromatic rings. The number of anilines is 1. The summed E-state index contributed by atoms with van der Waals surface area (Å²) < 4.78 is 0. The minimum absolute atomic E-state index is 0.854. The van der Waals surface area contributed by atoms with E-state index in [-0.39, 0.29) is 0 Å². The molecule has 0 saturated heterocycles. The number of aryl methyl sites for hydroxylation is 1. The van der Waals surface area contributed by atoms with Crippen molar-refractivity contribution in [2.45, 2.75) is 6.92 Å². The van der Waals surface area contributed by atoms with Gasteiger partial charge >= 0.3 is 0 Å². The molecule has 0 amide bonds. The number of aromatic nitrogens is 2. The normalized spacial score (nSPS) is 14.9. The highest BCUT2D eigenvalue weighted by atomic mass is 15.0. The number of hydrogen-bond acceptors (Lipinski definition) is 4. The van der Waals surface area contributed by atoms with E-state index in [0.717, 1.165) is 39.5 Å². The molecule has 2 aromatic carbocycles. The van der Waals surface area contributed by atoms with Crippen molar-refractivity contribution in [1.82, 2.24) is 9.97 Å². The van der Waals surface area contributed by atoms with Crippen LogP contribution in [-0.2, 0) is 0 Å². The number of rotatable bonds is 1. The van der Waals surface area contributed by atoms with E-state index in [1.807, 2.05) is 67.7 Å². The van der Waals surface area contributed by atoms with E-state index < -0.39 is 0 Å². The fourth-order valence-corrected chi connectivity index (χ4v) is 2.48. The SMILES string of the molecule is Cc1nc2ccccc2nc1C=C1C=Nc2ccccc2N1. The van der Waals surface area contributed by atoms with Crippen molar-refractivity contribution in [3.8, 4) is 0 Å². The molecule has 4 nitrogen and oxygen atoms in total. The summed E-state index contributed by atoms with van der Waals surface area (Å²) in [6.45, 7) is 1.97. The van der Waals surface area contributed by atoms with Crippen molar-refractivity contribution in [1.29, 1.82) is 0 Å². The zero-order valence-electron chi connectivity index (χ0n) is 12.1. The highest BCUT2D eigenvalue weighted by molar-refractivity contribution is 5.96. The molecule has 1 N–H and O–H groups in total. The lowest BCUT2D eigenvalue weighted by Crippen LogP contribution is -2.06. The third-order valence-electron chi connectivity index (χ3n) is 3.60. The number of allylic oxidation sites excluding steroid dienone is 1. The second kappa shape index (κ2) is 5.07. The summed E-state index contributed by atoms with van der Waals surface area (Å²) in [7, 11) is 0. The first-order chi connectivity index (χ1) is 10.8. The van der Waals surface area contributed by atoms with Gasteiger partial charge in [-0.2, -0.15) is 0 Å². The average molecular weight is 286 g/mol. The molecule has 0 aliphatic carbocycles. The van der Waals surface area contributed by atoms with Crippen LogP contribution in [0, 0.1) is 6.92 Å². The summed E-state index contributed by atoms with van der Waals surface area (Å²) in [5, 5.41) is 3.36. The topological polar surface area (TPSA) is 50.2 Å². The largest absolute Gasteiger partial charge is 0.352 e. The predicted molar refractivity (Wildman–Crippen MR) is 90.5 cm³/mol. The highest BCUT2D eigenvalue weighted by Gasteiger charge is 2.09. The molecule has 0 saturated carbocycles. The molecule has 22 heavy (non-hydrogen) atoms. The van der Waals surface area contributed by atoms with E-state index in [0.29, 0.717) is 0 Å². The molecule has 1 aromatic heterocycles. The molecule has 4 rings (SSSR count). The Bertz CT molecular complexity index is 925. The summed E-state index contributed by atoms with van der Waals surface area (Å²) >= 11 is 0. The lowest BCUT2D eigenvalue weighted by molar-refractivity contribution is 1.16. The molecule has 4 heteroatoms. The fourth-order valence-electron chi connectivity index (χ4n) is 2.48. The van der Waals surface area contributed by atoms with Crippen LogP contribution >= 0.6 is 0 Å². The first kappa shape index (κ1) is 12.7. The smallest absolute Gasteiger partial charge is 0.0894 e. The van der Waals surface area contributed by atoms with Crippen molar-refractivity contribution in [2.75, 3.05) is 5.32 Å². The van der Waals surface area contributed by atoms with Gasteiger partial charge in [0, 0.05) is 0 Å². The van der Waals surface area contributed by atoms with Gasteiger partial charge in [0.1, 0.15) is 0 Å². The Labute approximate surface area is 128 Å². The molecule has 1 aliphatic rings. The molecular formula is C18H14N4. The van der Waals surface area contributed by atoms with Crippen LogP contribution in [0.25, 0.3) is 17.1 Å². The summed E-state index contributed by atoms with van der Waals surface area (Å²) in [4.78, 5) is 13.7. The van der Waals surface area contributed by atoms with Gasteiger partial charge in [-0.3, -0.25) is 4.99 Å². The van der Waals surface area contributed by atoms with Crippen LogP contribution < -0.4 is 5.32 Å². The number of hydrogen-bond donors (Lipinski definition) is 1. The maximum absolute atomic E-state index is 4.68. The third-order valence-corrected chi connectivity index (χ3v) is 3.60. The third kappa shape index (κ3) is 2.24. The minimum atomic E-state index is 0.854. The van der Waals surface area contributed by atoms with Gasteiger partial charge in [0.2, 0.25) is 0 Å². The van der Waals surface area contributed by atoms with Crippen LogP contribution in [0.4, 0.5) is 11.4 Å². The molecule has 0 fully saturated rings. The number of para-hydroxylation sites is 4. The van der Waals surface area contributed by atoms with E-state index in [1.165, 1.54) is 0 Å². The first-order valence-electron chi connectivity index (χ1n) is 7.15. The number of nitrogens with zero attached hydrogens (tertiary/aromatic N) is 3. The standard InChI is InChI=1S/C18H14N4/c1-12-18(22-17-9-5-4-8-16(17)20-12)10-13-11-19-14-6-2-3-7-15(14)21-13/h2-11,21H,1H3. The Balaban J connectivity index is 1.76. The van der Waals surface area contributed by atoms with Crippen LogP contribution in [0.2, 0.25) is 0 Å². The molecule has 2 heterocycles. The lowest BCUT2D eigenvalue weighted by atomic mass is 10.2. The van der Waals surface area contributed by atoms with Gasteiger partial charge in [-0.15, -0.1) is 0 Å². The maximum Gasteiger partial charge on any atom is 0.0894 e. The highest BCUT2D eigenvalue weighted by Crippen LogP contribution is 2.29. The fraction of sp³-hybridized carbons (Fsp3) is 0.0556. The van der Waals surface area contributed by atoms with E-state index in [4.69, 9.17) is 0 Å². The summed E-state index contributed by atoms with van der Waals surface area (Å²) in [6, 6.07) is 15.9. The van der Waals surface area contributed by atoms with Gasteiger partial charge in [0.15, 0.2) is 0 Å². The summed E-state index contributed by atoms with van der Waals surface area (Å²) in [6.07, 6.45) is 3.80. The van der Waals surface area contributed by atoms with Crippen LogP contribution in [-0.4, -0.2) is 16.2 Å². The second-order valence-corrected chi connectivity index (χ2v) is 5.18. The zero-order valence-corrected chi connectivity index (χ0v) is 12.1. The summed E-state index contributed by atoms with van der Waals surface area (Å²) in [5.74, 6) is 0. The van der Waals surface area contributed by atoms with Crippen molar-refractivity contribution in [3.63, 3.8) is 0 Å². The number of nitrogens with one attached hydrogen (secondary N) is 1. The molecule has 0 unspecified atom stereocenters. The number of benzene rings is 2. The molecule has 106 valence electrons. The average Bonchev–Trinajstić information content (AvgIpc) is 2.55. The van der Waals surface area contributed by atoms with Crippen molar-refractivity contribution in [2.24, 2.45) is 4.99 Å². The van der Waals surface area contributed by atoms with Crippen LogP contribution in [0.3, 0.4) is 0 Å². The number of aliphatic imine (C=N–C) groups is 1. The van der Waals surface area contributed by atoms with Crippen molar-refractivity contribution < 1.29 is 0 Å². The Morgan fingerprint density at radius 3 is 2.50 bits per heavy atom. The van der Waals surface area contributed by atoms with Gasteiger partial charge in [0.25, 0.3) is 0 Å². The van der Waals surface area contributed by atoms with E-state index in [2.05, 4.69) is 20.3 Å². The van der Waals surface area contributed by atoms with Crippen molar-refractivity contribution >= 4 is 34.7 Å². The number of fused-ring (bicyclic) bond motifs is 2. The second-order valence-electron chi connectivity index (χ2n) is 5.18. The predicted octanol–water partition coefficient (Wildman–Crippen LogP) is 4.11. The molecule has 0 bridgehead atoms. The molecule has 1 aliphatic heterocycles. The minimum Gasteiger partial charge on any atom is -0.352 e.